The summed E-state index contributed by atoms with van der Waals surface area (Å²) in [4.78, 5) is 9.97. The lowest BCUT2D eigenvalue weighted by Gasteiger charge is -1.97. The zero-order valence-electron chi connectivity index (χ0n) is 5.88. The number of rotatable bonds is 6. The van der Waals surface area contributed by atoms with Gasteiger partial charge in [0.25, 0.3) is 0 Å². The van der Waals surface area contributed by atoms with Gasteiger partial charge in [0, 0.05) is 13.0 Å². The molecule has 0 fully saturated rings. The molecule has 0 saturated heterocycles. The molecule has 60 valence electrons. The Morgan fingerprint density at radius 1 is 1.50 bits per heavy atom. The van der Waals surface area contributed by atoms with Gasteiger partial charge >= 0.3 is 5.97 Å². The molecule has 0 unspecified atom stereocenters. The van der Waals surface area contributed by atoms with Crippen LogP contribution in [-0.4, -0.2) is 24.4 Å². The van der Waals surface area contributed by atoms with E-state index >= 15 is 0 Å². The zero-order valence-corrected chi connectivity index (χ0v) is 5.88. The van der Waals surface area contributed by atoms with Crippen LogP contribution in [0.25, 0.3) is 0 Å². The molecule has 0 aliphatic heterocycles. The van der Waals surface area contributed by atoms with Crippen LogP contribution in [0.2, 0.25) is 0 Å². The van der Waals surface area contributed by atoms with Gasteiger partial charge in [-0.1, -0.05) is 0 Å². The SMILES string of the molecule is NCOCCCCC(=O)O. The van der Waals surface area contributed by atoms with Crippen LogP contribution in [0.3, 0.4) is 0 Å². The molecule has 0 spiro atoms. The molecule has 0 heterocycles. The molecule has 0 aliphatic rings. The Morgan fingerprint density at radius 2 is 2.20 bits per heavy atom. The van der Waals surface area contributed by atoms with Crippen molar-refractivity contribution in [3.8, 4) is 0 Å². The molecule has 4 heteroatoms. The predicted molar refractivity (Wildman–Crippen MR) is 36.5 cm³/mol. The number of carbonyl (C=O) groups is 1. The largest absolute Gasteiger partial charge is 0.481 e. The average molecular weight is 147 g/mol. The first-order valence-corrected chi connectivity index (χ1v) is 3.27. The minimum absolute atomic E-state index is 0.215. The van der Waals surface area contributed by atoms with E-state index in [0.717, 1.165) is 6.42 Å². The molecule has 4 nitrogen and oxygen atoms in total. The van der Waals surface area contributed by atoms with Gasteiger partial charge in [0.2, 0.25) is 0 Å². The number of hydrogen-bond acceptors (Lipinski definition) is 3. The highest BCUT2D eigenvalue weighted by molar-refractivity contribution is 5.66. The van der Waals surface area contributed by atoms with Gasteiger partial charge in [0.15, 0.2) is 0 Å². The van der Waals surface area contributed by atoms with Crippen LogP contribution in [0.1, 0.15) is 19.3 Å². The second-order valence-corrected chi connectivity index (χ2v) is 1.93. The first-order chi connectivity index (χ1) is 4.77. The predicted octanol–water partition coefficient (Wildman–Crippen LogP) is 0.174. The second kappa shape index (κ2) is 6.51. The molecule has 10 heavy (non-hydrogen) atoms. The van der Waals surface area contributed by atoms with Crippen molar-refractivity contribution in [3.63, 3.8) is 0 Å². The van der Waals surface area contributed by atoms with Crippen LogP contribution in [0, 0.1) is 0 Å². The first-order valence-electron chi connectivity index (χ1n) is 3.27. The van der Waals surface area contributed by atoms with Gasteiger partial charge < -0.3 is 15.6 Å². The van der Waals surface area contributed by atoms with Gasteiger partial charge in [-0.05, 0) is 12.8 Å². The van der Waals surface area contributed by atoms with E-state index in [1.807, 2.05) is 0 Å². The lowest BCUT2D eigenvalue weighted by atomic mass is 10.2. The Labute approximate surface area is 60.0 Å². The third-order valence-corrected chi connectivity index (χ3v) is 1.05. The Bertz CT molecular complexity index is 95.0. The summed E-state index contributed by atoms with van der Waals surface area (Å²) >= 11 is 0. The number of carboxylic acids is 1. The molecule has 0 amide bonds. The lowest BCUT2D eigenvalue weighted by molar-refractivity contribution is -0.137. The number of nitrogens with two attached hydrogens (primary N) is 1. The van der Waals surface area contributed by atoms with Gasteiger partial charge in [-0.25, -0.2) is 0 Å². The maximum absolute atomic E-state index is 9.97. The molecule has 0 rings (SSSR count). The van der Waals surface area contributed by atoms with E-state index in [-0.39, 0.29) is 13.2 Å². The summed E-state index contributed by atoms with van der Waals surface area (Å²) in [6, 6.07) is 0. The molecule has 0 radical (unpaired) electrons. The van der Waals surface area contributed by atoms with Gasteiger partial charge in [-0.15, -0.1) is 0 Å². The Balaban J connectivity index is 2.84. The monoisotopic (exact) mass is 147 g/mol. The van der Waals surface area contributed by atoms with Crippen LogP contribution in [0.4, 0.5) is 0 Å². The van der Waals surface area contributed by atoms with Crippen molar-refractivity contribution >= 4 is 5.97 Å². The van der Waals surface area contributed by atoms with Gasteiger partial charge in [-0.2, -0.15) is 0 Å². The summed E-state index contributed by atoms with van der Waals surface area (Å²) in [5.41, 5.74) is 5.03. The molecule has 0 atom stereocenters. The number of aliphatic carboxylic acids is 1. The topological polar surface area (TPSA) is 72.5 Å². The third-order valence-electron chi connectivity index (χ3n) is 1.05. The molecule has 0 aromatic carbocycles. The van der Waals surface area contributed by atoms with Crippen molar-refractivity contribution in [2.45, 2.75) is 19.3 Å². The summed E-state index contributed by atoms with van der Waals surface area (Å²) in [6.07, 6.45) is 1.65. The Hall–Kier alpha value is -0.610. The van der Waals surface area contributed by atoms with E-state index < -0.39 is 5.97 Å². The van der Waals surface area contributed by atoms with Crippen LogP contribution in [-0.2, 0) is 9.53 Å². The number of unbranched alkanes of at least 4 members (excludes halogenated alkanes) is 1. The average Bonchev–Trinajstić information content (AvgIpc) is 1.87. The standard InChI is InChI=1S/C6H13NO3/c7-5-10-4-2-1-3-6(8)9/h1-5,7H2,(H,8,9). The smallest absolute Gasteiger partial charge is 0.303 e. The van der Waals surface area contributed by atoms with Crippen molar-refractivity contribution in [1.82, 2.24) is 0 Å². The van der Waals surface area contributed by atoms with Crippen LogP contribution in [0.5, 0.6) is 0 Å². The minimum atomic E-state index is -0.757. The second-order valence-electron chi connectivity index (χ2n) is 1.93. The Morgan fingerprint density at radius 3 is 2.70 bits per heavy atom. The molecule has 0 saturated carbocycles. The van der Waals surface area contributed by atoms with Crippen LogP contribution < -0.4 is 5.73 Å². The zero-order chi connectivity index (χ0) is 7.82. The number of carboxylic acid groups (broad SMARTS) is 1. The minimum Gasteiger partial charge on any atom is -0.481 e. The van der Waals surface area contributed by atoms with Gasteiger partial charge in [0.05, 0.1) is 6.73 Å². The fourth-order valence-corrected chi connectivity index (χ4v) is 0.564. The molecule has 0 aromatic rings. The van der Waals surface area contributed by atoms with Crippen molar-refractivity contribution in [1.29, 1.82) is 0 Å². The normalized spacial score (nSPS) is 9.70. The quantitative estimate of drug-likeness (QED) is 0.415. The third kappa shape index (κ3) is 7.39. The van der Waals surface area contributed by atoms with Crippen molar-refractivity contribution < 1.29 is 14.6 Å². The van der Waals surface area contributed by atoms with Crippen molar-refractivity contribution in [2.24, 2.45) is 5.73 Å². The molecule has 0 aromatic heterocycles. The van der Waals surface area contributed by atoms with Gasteiger partial charge in [0.1, 0.15) is 0 Å². The summed E-state index contributed by atoms with van der Waals surface area (Å²) in [5.74, 6) is -0.757. The maximum atomic E-state index is 9.97. The number of ether oxygens (including phenoxy) is 1. The molecular weight excluding hydrogens is 134 g/mol. The fraction of sp³-hybridized carbons (Fsp3) is 0.833. The molecular formula is C6H13NO3. The van der Waals surface area contributed by atoms with E-state index in [1.165, 1.54) is 0 Å². The van der Waals surface area contributed by atoms with Crippen LogP contribution in [0.15, 0.2) is 0 Å². The van der Waals surface area contributed by atoms with E-state index in [0.29, 0.717) is 13.0 Å². The van der Waals surface area contributed by atoms with E-state index in [9.17, 15) is 4.79 Å². The first kappa shape index (κ1) is 9.39. The van der Waals surface area contributed by atoms with Gasteiger partial charge in [-0.3, -0.25) is 4.79 Å². The molecule has 0 aliphatic carbocycles. The summed E-state index contributed by atoms with van der Waals surface area (Å²) in [5, 5.41) is 8.20. The van der Waals surface area contributed by atoms with E-state index in [1.54, 1.807) is 0 Å². The van der Waals surface area contributed by atoms with Crippen molar-refractivity contribution in [2.75, 3.05) is 13.3 Å². The highest BCUT2D eigenvalue weighted by atomic mass is 16.5. The van der Waals surface area contributed by atoms with Crippen molar-refractivity contribution in [3.05, 3.63) is 0 Å². The van der Waals surface area contributed by atoms with E-state index in [4.69, 9.17) is 15.6 Å². The highest BCUT2D eigenvalue weighted by Gasteiger charge is 1.94. The highest BCUT2D eigenvalue weighted by Crippen LogP contribution is 1.94. The molecule has 0 bridgehead atoms. The summed E-state index contributed by atoms with van der Waals surface area (Å²) in [6.45, 7) is 0.775. The Kier molecular flexibility index (Phi) is 6.11. The fourth-order valence-electron chi connectivity index (χ4n) is 0.564. The van der Waals surface area contributed by atoms with Crippen LogP contribution >= 0.6 is 0 Å². The summed E-state index contributed by atoms with van der Waals surface area (Å²) in [7, 11) is 0. The summed E-state index contributed by atoms with van der Waals surface area (Å²) < 4.78 is 4.80. The molecule has 3 N–H and O–H groups in total. The number of hydrogen-bond donors (Lipinski definition) is 2. The maximum Gasteiger partial charge on any atom is 0.303 e. The van der Waals surface area contributed by atoms with E-state index in [2.05, 4.69) is 0 Å². The lowest BCUT2D eigenvalue weighted by Crippen LogP contribution is -2.06.